The van der Waals surface area contributed by atoms with Gasteiger partial charge in [0.05, 0.1) is 11.5 Å². The van der Waals surface area contributed by atoms with Gasteiger partial charge >= 0.3 is 0 Å². The lowest BCUT2D eigenvalue weighted by atomic mass is 9.57. The van der Waals surface area contributed by atoms with Crippen molar-refractivity contribution < 1.29 is 14.3 Å². The number of rotatable bonds is 4. The van der Waals surface area contributed by atoms with Crippen molar-refractivity contribution in [3.05, 3.63) is 65.5 Å². The number of anilines is 1. The van der Waals surface area contributed by atoms with Gasteiger partial charge in [-0.2, -0.15) is 0 Å². The molecule has 0 bridgehead atoms. The van der Waals surface area contributed by atoms with Crippen molar-refractivity contribution in [2.45, 2.75) is 43.1 Å². The fraction of sp³-hybridized carbons (Fsp3) is 0.409. The van der Waals surface area contributed by atoms with Crippen LogP contribution in [-0.2, 0) is 10.2 Å². The molecule has 4 nitrogen and oxygen atoms in total. The Morgan fingerprint density at radius 3 is 2.74 bits per heavy atom. The summed E-state index contributed by atoms with van der Waals surface area (Å²) >= 11 is 0. The van der Waals surface area contributed by atoms with E-state index in [9.17, 15) is 14.3 Å². The number of hydrogen-bond acceptors (Lipinski definition) is 3. The number of carbonyl (C=O) groups is 1. The molecule has 1 aliphatic heterocycles. The van der Waals surface area contributed by atoms with Crippen molar-refractivity contribution in [3.8, 4) is 0 Å². The number of nitrogens with two attached hydrogens (primary N) is 1. The number of carbonyl (C=O) groups excluding carboxylic acids is 1. The number of halogens is 1. The summed E-state index contributed by atoms with van der Waals surface area (Å²) < 4.78 is 14.1. The molecule has 4 atom stereocenters. The monoisotopic (exact) mass is 368 g/mol. The zero-order valence-corrected chi connectivity index (χ0v) is 15.2. The van der Waals surface area contributed by atoms with Gasteiger partial charge in [0.2, 0.25) is 5.91 Å². The number of aliphatic hydroxyl groups is 1. The minimum Gasteiger partial charge on any atom is -0.391 e. The Morgan fingerprint density at radius 1 is 1.22 bits per heavy atom. The maximum atomic E-state index is 14.1. The summed E-state index contributed by atoms with van der Waals surface area (Å²) in [7, 11) is 0. The summed E-state index contributed by atoms with van der Waals surface area (Å²) in [6, 6.07) is 14.3. The lowest BCUT2D eigenvalue weighted by Gasteiger charge is -2.45. The molecular weight excluding hydrogens is 343 g/mol. The standard InChI is InChI=1S/C22H25FN2O2/c23-15-9-10-18-17(12-15)22(21(27)25-18)11-5-4-8-16(22)20(19(26)13-24)14-6-2-1-3-7-14/h1-3,6-7,9-10,12,16,19-20,26H,4-5,8,11,13,24H2,(H,25,27). The summed E-state index contributed by atoms with van der Waals surface area (Å²) in [5.41, 5.74) is 7.40. The van der Waals surface area contributed by atoms with Gasteiger partial charge in [-0.15, -0.1) is 0 Å². The summed E-state index contributed by atoms with van der Waals surface area (Å²) in [5.74, 6) is -0.853. The normalized spacial score (nSPS) is 26.5. The zero-order valence-electron chi connectivity index (χ0n) is 15.2. The smallest absolute Gasteiger partial charge is 0.235 e. The zero-order chi connectivity index (χ0) is 19.0. The molecule has 2 aromatic rings. The minimum atomic E-state index is -0.827. The van der Waals surface area contributed by atoms with Gasteiger partial charge in [0.1, 0.15) is 5.82 Å². The van der Waals surface area contributed by atoms with Gasteiger partial charge in [-0.05, 0) is 48.1 Å². The van der Waals surface area contributed by atoms with Crippen molar-refractivity contribution in [1.29, 1.82) is 0 Å². The topological polar surface area (TPSA) is 75.3 Å². The molecule has 1 fully saturated rings. The van der Waals surface area contributed by atoms with Crippen LogP contribution in [0.1, 0.15) is 42.7 Å². The largest absolute Gasteiger partial charge is 0.391 e. The third kappa shape index (κ3) is 2.86. The molecule has 1 heterocycles. The van der Waals surface area contributed by atoms with Crippen LogP contribution in [0.2, 0.25) is 0 Å². The second-order valence-corrected chi connectivity index (χ2v) is 7.71. The van der Waals surface area contributed by atoms with Crippen LogP contribution >= 0.6 is 0 Å². The highest BCUT2D eigenvalue weighted by atomic mass is 19.1. The van der Waals surface area contributed by atoms with E-state index in [1.54, 1.807) is 6.07 Å². The summed E-state index contributed by atoms with van der Waals surface area (Å²) in [6.07, 6.45) is 2.56. The second-order valence-electron chi connectivity index (χ2n) is 7.71. The SMILES string of the molecule is NCC(O)C(c1ccccc1)C1CCCCC12C(=O)Nc1ccc(F)cc12. The number of benzene rings is 2. The van der Waals surface area contributed by atoms with E-state index in [4.69, 9.17) is 5.73 Å². The van der Waals surface area contributed by atoms with Crippen LogP contribution in [-0.4, -0.2) is 23.7 Å². The molecule has 1 spiro atoms. The lowest BCUT2D eigenvalue weighted by molar-refractivity contribution is -0.125. The van der Waals surface area contributed by atoms with Crippen molar-refractivity contribution in [3.63, 3.8) is 0 Å². The third-order valence-corrected chi connectivity index (χ3v) is 6.36. The van der Waals surface area contributed by atoms with Gasteiger partial charge in [-0.25, -0.2) is 4.39 Å². The van der Waals surface area contributed by atoms with Crippen LogP contribution in [0.15, 0.2) is 48.5 Å². The van der Waals surface area contributed by atoms with E-state index in [1.165, 1.54) is 12.1 Å². The highest BCUT2D eigenvalue weighted by molar-refractivity contribution is 6.06. The van der Waals surface area contributed by atoms with E-state index in [0.29, 0.717) is 12.1 Å². The molecule has 2 aliphatic rings. The molecule has 4 unspecified atom stereocenters. The molecule has 0 aromatic heterocycles. The first-order chi connectivity index (χ1) is 13.1. The molecule has 0 radical (unpaired) electrons. The highest BCUT2D eigenvalue weighted by Gasteiger charge is 2.56. The van der Waals surface area contributed by atoms with Crippen molar-refractivity contribution in [2.75, 3.05) is 11.9 Å². The molecule has 4 rings (SSSR count). The number of nitrogens with one attached hydrogen (secondary N) is 1. The van der Waals surface area contributed by atoms with Crippen LogP contribution in [0.5, 0.6) is 0 Å². The Morgan fingerprint density at radius 2 is 2.00 bits per heavy atom. The van der Waals surface area contributed by atoms with Gasteiger partial charge in [-0.1, -0.05) is 43.2 Å². The fourth-order valence-corrected chi connectivity index (χ4v) is 5.20. The third-order valence-electron chi connectivity index (χ3n) is 6.36. The van der Waals surface area contributed by atoms with Crippen LogP contribution in [0.25, 0.3) is 0 Å². The minimum absolute atomic E-state index is 0.0852. The molecule has 27 heavy (non-hydrogen) atoms. The average molecular weight is 368 g/mol. The predicted octanol–water partition coefficient (Wildman–Crippen LogP) is 3.31. The first-order valence-electron chi connectivity index (χ1n) is 9.62. The molecule has 0 saturated heterocycles. The maximum Gasteiger partial charge on any atom is 0.235 e. The second kappa shape index (κ2) is 7.06. The Balaban J connectivity index is 1.88. The quantitative estimate of drug-likeness (QED) is 0.775. The number of aliphatic hydroxyl groups excluding tert-OH is 1. The summed E-state index contributed by atoms with van der Waals surface area (Å²) in [4.78, 5) is 13.2. The Hall–Kier alpha value is -2.24. The summed E-state index contributed by atoms with van der Waals surface area (Å²) in [6.45, 7) is 0.115. The Kier molecular flexibility index (Phi) is 4.74. The van der Waals surface area contributed by atoms with Crippen molar-refractivity contribution >= 4 is 11.6 Å². The molecule has 2 aromatic carbocycles. The molecule has 5 heteroatoms. The van der Waals surface area contributed by atoms with E-state index >= 15 is 0 Å². The predicted molar refractivity (Wildman–Crippen MR) is 103 cm³/mol. The summed E-state index contributed by atoms with van der Waals surface area (Å²) in [5, 5.41) is 13.8. The van der Waals surface area contributed by atoms with E-state index in [0.717, 1.165) is 30.4 Å². The van der Waals surface area contributed by atoms with E-state index < -0.39 is 11.5 Å². The van der Waals surface area contributed by atoms with E-state index in [-0.39, 0.29) is 30.1 Å². The van der Waals surface area contributed by atoms with Gasteiger partial charge < -0.3 is 16.2 Å². The van der Waals surface area contributed by atoms with E-state index in [1.807, 2.05) is 30.3 Å². The molecule has 1 aliphatic carbocycles. The maximum absolute atomic E-state index is 14.1. The van der Waals surface area contributed by atoms with Crippen molar-refractivity contribution in [1.82, 2.24) is 0 Å². The molecule has 1 amide bonds. The highest BCUT2D eigenvalue weighted by Crippen LogP contribution is 2.55. The number of fused-ring (bicyclic) bond motifs is 2. The van der Waals surface area contributed by atoms with E-state index in [2.05, 4.69) is 5.32 Å². The van der Waals surface area contributed by atoms with Gasteiger partial charge in [-0.3, -0.25) is 4.79 Å². The van der Waals surface area contributed by atoms with Gasteiger partial charge in [0.25, 0.3) is 0 Å². The van der Waals surface area contributed by atoms with Crippen molar-refractivity contribution in [2.24, 2.45) is 11.7 Å². The first-order valence-corrected chi connectivity index (χ1v) is 9.62. The van der Waals surface area contributed by atoms with Crippen LogP contribution < -0.4 is 11.1 Å². The average Bonchev–Trinajstić information content (AvgIpc) is 2.96. The first kappa shape index (κ1) is 18.1. The van der Waals surface area contributed by atoms with Gasteiger partial charge in [0, 0.05) is 18.2 Å². The Labute approximate surface area is 158 Å². The van der Waals surface area contributed by atoms with Crippen LogP contribution in [0.3, 0.4) is 0 Å². The molecular formula is C22H25FN2O2. The van der Waals surface area contributed by atoms with Gasteiger partial charge in [0.15, 0.2) is 0 Å². The lowest BCUT2D eigenvalue weighted by Crippen LogP contribution is -2.49. The molecule has 1 saturated carbocycles. The Bertz CT molecular complexity index is 841. The number of hydrogen-bond donors (Lipinski definition) is 3. The fourth-order valence-electron chi connectivity index (χ4n) is 5.20. The molecule has 4 N–H and O–H groups in total. The van der Waals surface area contributed by atoms with Crippen LogP contribution in [0, 0.1) is 11.7 Å². The van der Waals surface area contributed by atoms with Crippen LogP contribution in [0.4, 0.5) is 10.1 Å². The number of amides is 1. The molecule has 142 valence electrons.